The van der Waals surface area contributed by atoms with E-state index in [1.165, 1.54) is 0 Å². The highest BCUT2D eigenvalue weighted by atomic mass is 16.1. The summed E-state index contributed by atoms with van der Waals surface area (Å²) in [4.78, 5) is 26.5. The van der Waals surface area contributed by atoms with Crippen molar-refractivity contribution in [1.82, 2.24) is 0 Å². The molecule has 0 aliphatic carbocycles. The highest BCUT2D eigenvalue weighted by Gasteiger charge is 2.20. The van der Waals surface area contributed by atoms with E-state index in [4.69, 9.17) is 0 Å². The molecular formula is C28H14O2. The van der Waals surface area contributed by atoms with Crippen molar-refractivity contribution in [3.63, 3.8) is 0 Å². The Morgan fingerprint density at radius 1 is 0.300 bits per heavy atom. The van der Waals surface area contributed by atoms with Crippen LogP contribution in [0.4, 0.5) is 0 Å². The van der Waals surface area contributed by atoms with E-state index in [0.717, 1.165) is 64.6 Å². The molecule has 7 aromatic carbocycles. The first-order chi connectivity index (χ1) is 14.8. The fourth-order valence-electron chi connectivity index (χ4n) is 5.34. The van der Waals surface area contributed by atoms with Crippen LogP contribution in [0.3, 0.4) is 0 Å². The molecule has 2 nitrogen and oxygen atoms in total. The number of benzene rings is 5. The molecule has 0 amide bonds. The second kappa shape index (κ2) is 5.31. The summed E-state index contributed by atoms with van der Waals surface area (Å²) in [5.74, 6) is 0. The SMILES string of the molecule is O=c1c2ccccc2c2c1ccc1c3c4ccccc4c(=O)c3c3ccccc3c12. The molecule has 0 fully saturated rings. The summed E-state index contributed by atoms with van der Waals surface area (Å²) < 4.78 is 0. The number of fused-ring (bicyclic) bond motifs is 12. The summed E-state index contributed by atoms with van der Waals surface area (Å²) in [6.07, 6.45) is 0. The van der Waals surface area contributed by atoms with Gasteiger partial charge in [0.25, 0.3) is 0 Å². The molecule has 30 heavy (non-hydrogen) atoms. The third-order valence-electron chi connectivity index (χ3n) is 6.54. The lowest BCUT2D eigenvalue weighted by Crippen LogP contribution is -1.95. The van der Waals surface area contributed by atoms with Gasteiger partial charge in [-0.2, -0.15) is 0 Å². The summed E-state index contributed by atoms with van der Waals surface area (Å²) in [7, 11) is 0. The summed E-state index contributed by atoms with van der Waals surface area (Å²) >= 11 is 0. The molecule has 0 radical (unpaired) electrons. The van der Waals surface area contributed by atoms with Gasteiger partial charge in [0, 0.05) is 32.3 Å². The van der Waals surface area contributed by atoms with Crippen LogP contribution in [-0.2, 0) is 0 Å². The standard InChI is InChI=1S/C28H14O2/c29-27-19-11-5-3-9-17(19)25-22(27)14-13-21-23(25)15-7-1-2-8-16(15)26-24(21)18-10-4-6-12-20(18)28(26)30/h1-14H. The van der Waals surface area contributed by atoms with Crippen molar-refractivity contribution in [2.75, 3.05) is 0 Å². The number of rotatable bonds is 0. The van der Waals surface area contributed by atoms with Crippen molar-refractivity contribution in [1.29, 1.82) is 0 Å². The van der Waals surface area contributed by atoms with Crippen LogP contribution in [0.1, 0.15) is 0 Å². The van der Waals surface area contributed by atoms with Gasteiger partial charge in [0.05, 0.1) is 0 Å². The molecule has 0 atom stereocenters. The normalized spacial score (nSPS) is 12.3. The second-order valence-electron chi connectivity index (χ2n) is 7.96. The van der Waals surface area contributed by atoms with E-state index in [9.17, 15) is 9.59 Å². The zero-order valence-corrected chi connectivity index (χ0v) is 15.9. The topological polar surface area (TPSA) is 34.1 Å². The molecule has 0 heterocycles. The van der Waals surface area contributed by atoms with Crippen LogP contribution in [0.25, 0.3) is 64.6 Å². The lowest BCUT2D eigenvalue weighted by atomic mass is 9.93. The Morgan fingerprint density at radius 2 is 0.667 bits per heavy atom. The van der Waals surface area contributed by atoms with Crippen LogP contribution < -0.4 is 10.9 Å². The van der Waals surface area contributed by atoms with E-state index in [0.29, 0.717) is 0 Å². The van der Waals surface area contributed by atoms with Crippen molar-refractivity contribution in [3.05, 3.63) is 105 Å². The predicted molar refractivity (Wildman–Crippen MR) is 126 cm³/mol. The number of hydrogen-bond acceptors (Lipinski definition) is 2. The van der Waals surface area contributed by atoms with Crippen LogP contribution in [0.2, 0.25) is 0 Å². The number of hydrogen-bond donors (Lipinski definition) is 0. The Balaban J connectivity index is 1.96. The summed E-state index contributed by atoms with van der Waals surface area (Å²) in [6.45, 7) is 0. The molecule has 7 aromatic rings. The first kappa shape index (κ1) is 15.8. The smallest absolute Gasteiger partial charge is 0.194 e. The Morgan fingerprint density at radius 3 is 1.27 bits per heavy atom. The maximum Gasteiger partial charge on any atom is 0.194 e. The van der Waals surface area contributed by atoms with Gasteiger partial charge >= 0.3 is 0 Å². The molecule has 0 unspecified atom stereocenters. The maximum absolute atomic E-state index is 13.4. The molecule has 0 aromatic heterocycles. The van der Waals surface area contributed by atoms with Gasteiger partial charge in [-0.25, -0.2) is 0 Å². The molecule has 7 rings (SSSR count). The van der Waals surface area contributed by atoms with Crippen molar-refractivity contribution >= 4 is 64.6 Å². The zero-order valence-electron chi connectivity index (χ0n) is 15.9. The fraction of sp³-hybridized carbons (Fsp3) is 0. The Labute approximate surface area is 170 Å². The summed E-state index contributed by atoms with van der Waals surface area (Å²) in [5, 5.41) is 11.0. The fourth-order valence-corrected chi connectivity index (χ4v) is 5.34. The minimum Gasteiger partial charge on any atom is -0.289 e. The summed E-state index contributed by atoms with van der Waals surface area (Å²) in [5.41, 5.74) is 0.152. The van der Waals surface area contributed by atoms with Crippen LogP contribution in [0.5, 0.6) is 0 Å². The van der Waals surface area contributed by atoms with Gasteiger partial charge in [0.1, 0.15) is 0 Å². The van der Waals surface area contributed by atoms with E-state index in [1.54, 1.807) is 0 Å². The molecule has 2 heteroatoms. The second-order valence-corrected chi connectivity index (χ2v) is 7.96. The highest BCUT2D eigenvalue weighted by molar-refractivity contribution is 6.39. The van der Waals surface area contributed by atoms with Crippen molar-refractivity contribution in [2.45, 2.75) is 0 Å². The molecule has 138 valence electrons. The van der Waals surface area contributed by atoms with Crippen molar-refractivity contribution < 1.29 is 0 Å². The van der Waals surface area contributed by atoms with E-state index in [1.807, 2.05) is 78.9 Å². The first-order valence-corrected chi connectivity index (χ1v) is 10.1. The highest BCUT2D eigenvalue weighted by Crippen LogP contribution is 2.42. The van der Waals surface area contributed by atoms with Crippen molar-refractivity contribution in [2.24, 2.45) is 0 Å². The van der Waals surface area contributed by atoms with Crippen LogP contribution in [0, 0.1) is 0 Å². The quantitative estimate of drug-likeness (QED) is 0.293. The lowest BCUT2D eigenvalue weighted by Gasteiger charge is -2.09. The molecule has 0 bridgehead atoms. The van der Waals surface area contributed by atoms with E-state index >= 15 is 0 Å². The van der Waals surface area contributed by atoms with Gasteiger partial charge in [0.2, 0.25) is 0 Å². The Kier molecular flexibility index (Phi) is 2.80. The molecular weight excluding hydrogens is 368 g/mol. The average molecular weight is 382 g/mol. The van der Waals surface area contributed by atoms with Gasteiger partial charge in [-0.05, 0) is 38.4 Å². The predicted octanol–water partition coefficient (Wildman–Crippen LogP) is 6.20. The molecule has 0 spiro atoms. The molecule has 0 aliphatic heterocycles. The van der Waals surface area contributed by atoms with Gasteiger partial charge in [-0.3, -0.25) is 9.59 Å². The maximum atomic E-state index is 13.4. The van der Waals surface area contributed by atoms with E-state index in [-0.39, 0.29) is 10.9 Å². The third-order valence-corrected chi connectivity index (χ3v) is 6.54. The molecule has 0 saturated carbocycles. The zero-order chi connectivity index (χ0) is 20.0. The minimum atomic E-state index is 0.0727. The van der Waals surface area contributed by atoms with Gasteiger partial charge in [-0.15, -0.1) is 0 Å². The molecule has 0 saturated heterocycles. The van der Waals surface area contributed by atoms with Crippen LogP contribution in [-0.4, -0.2) is 0 Å². The Bertz CT molecular complexity index is 1920. The third kappa shape index (κ3) is 1.71. The molecule has 0 aliphatic rings. The van der Waals surface area contributed by atoms with Gasteiger partial charge < -0.3 is 0 Å². The molecule has 0 N–H and O–H groups in total. The minimum absolute atomic E-state index is 0.0727. The van der Waals surface area contributed by atoms with Crippen LogP contribution in [0.15, 0.2) is 94.5 Å². The van der Waals surface area contributed by atoms with E-state index in [2.05, 4.69) is 6.07 Å². The lowest BCUT2D eigenvalue weighted by molar-refractivity contribution is 1.80. The van der Waals surface area contributed by atoms with Crippen molar-refractivity contribution in [3.8, 4) is 0 Å². The van der Waals surface area contributed by atoms with Gasteiger partial charge in [-0.1, -0.05) is 78.9 Å². The monoisotopic (exact) mass is 382 g/mol. The van der Waals surface area contributed by atoms with Gasteiger partial charge in [0.15, 0.2) is 10.9 Å². The average Bonchev–Trinajstić information content (AvgIpc) is 3.27. The largest absolute Gasteiger partial charge is 0.289 e. The van der Waals surface area contributed by atoms with E-state index < -0.39 is 0 Å². The summed E-state index contributed by atoms with van der Waals surface area (Å²) in [6, 6.07) is 27.7. The first-order valence-electron chi connectivity index (χ1n) is 10.1. The Hall–Kier alpha value is -4.04. The van der Waals surface area contributed by atoms with Crippen LogP contribution >= 0.6 is 0 Å².